The number of rotatable bonds is 6. The van der Waals surface area contributed by atoms with E-state index in [1.807, 2.05) is 30.8 Å². The van der Waals surface area contributed by atoms with Crippen LogP contribution in [0.4, 0.5) is 0 Å². The number of benzene rings is 2. The zero-order valence-corrected chi connectivity index (χ0v) is 17.1. The van der Waals surface area contributed by atoms with Gasteiger partial charge in [0.15, 0.2) is 0 Å². The van der Waals surface area contributed by atoms with E-state index < -0.39 is 10.0 Å². The highest BCUT2D eigenvalue weighted by Gasteiger charge is 2.29. The van der Waals surface area contributed by atoms with E-state index in [-0.39, 0.29) is 6.04 Å². The molecule has 2 aromatic carbocycles. The zero-order valence-electron chi connectivity index (χ0n) is 15.4. The van der Waals surface area contributed by atoms with Gasteiger partial charge in [0.25, 0.3) is 0 Å². The summed E-state index contributed by atoms with van der Waals surface area (Å²) in [6.07, 6.45) is 4.24. The van der Waals surface area contributed by atoms with E-state index in [0.717, 1.165) is 30.6 Å². The van der Waals surface area contributed by atoms with Gasteiger partial charge in [-0.25, -0.2) is 13.1 Å². The molecule has 140 valence electrons. The van der Waals surface area contributed by atoms with Crippen molar-refractivity contribution in [1.82, 2.24) is 4.72 Å². The van der Waals surface area contributed by atoms with Crippen LogP contribution in [0.25, 0.3) is 0 Å². The molecule has 26 heavy (non-hydrogen) atoms. The topological polar surface area (TPSA) is 46.2 Å². The summed E-state index contributed by atoms with van der Waals surface area (Å²) in [5.74, 6) is 0.924. The maximum absolute atomic E-state index is 12.7. The Morgan fingerprint density at radius 3 is 2.15 bits per heavy atom. The number of aryl methyl sites for hydroxylation is 2. The van der Waals surface area contributed by atoms with E-state index in [2.05, 4.69) is 35.9 Å². The van der Waals surface area contributed by atoms with Crippen molar-refractivity contribution in [3.05, 3.63) is 65.2 Å². The van der Waals surface area contributed by atoms with Crippen molar-refractivity contribution in [1.29, 1.82) is 0 Å². The zero-order chi connectivity index (χ0) is 18.6. The molecule has 2 aromatic rings. The van der Waals surface area contributed by atoms with E-state index in [1.165, 1.54) is 17.5 Å². The van der Waals surface area contributed by atoms with E-state index in [1.54, 1.807) is 12.1 Å². The van der Waals surface area contributed by atoms with Crippen LogP contribution in [0.2, 0.25) is 0 Å². The summed E-state index contributed by atoms with van der Waals surface area (Å²) in [5.41, 5.74) is 3.62. The number of hydrogen-bond donors (Lipinski definition) is 1. The molecule has 1 aliphatic carbocycles. The van der Waals surface area contributed by atoms with Gasteiger partial charge < -0.3 is 0 Å². The Hall–Kier alpha value is -1.30. The van der Waals surface area contributed by atoms with Crippen molar-refractivity contribution in [3.63, 3.8) is 0 Å². The van der Waals surface area contributed by atoms with Gasteiger partial charge in [-0.1, -0.05) is 60.4 Å². The third kappa shape index (κ3) is 5.12. The largest absolute Gasteiger partial charge is 0.240 e. The van der Waals surface area contributed by atoms with Crippen molar-refractivity contribution in [2.75, 3.05) is 0 Å². The van der Waals surface area contributed by atoms with E-state index in [9.17, 15) is 8.42 Å². The molecule has 0 spiro atoms. The molecule has 0 heterocycles. The lowest BCUT2D eigenvalue weighted by Crippen LogP contribution is -2.43. The molecule has 0 radical (unpaired) electrons. The highest BCUT2D eigenvalue weighted by atomic mass is 32.2. The molecule has 0 unspecified atom stereocenters. The minimum absolute atomic E-state index is 0.00509. The molecule has 3 nitrogen and oxygen atoms in total. The van der Waals surface area contributed by atoms with Crippen molar-refractivity contribution in [2.45, 2.75) is 61.5 Å². The van der Waals surface area contributed by atoms with Crippen molar-refractivity contribution in [2.24, 2.45) is 0 Å². The Labute approximate surface area is 161 Å². The quantitative estimate of drug-likeness (QED) is 0.770. The maximum Gasteiger partial charge on any atom is 0.240 e. The molecule has 2 atom stereocenters. The summed E-state index contributed by atoms with van der Waals surface area (Å²) in [6.45, 7) is 4.05. The normalized spacial score (nSPS) is 20.8. The smallest absolute Gasteiger partial charge is 0.207 e. The fraction of sp³-hybridized carbons (Fsp3) is 0.429. The lowest BCUT2D eigenvalue weighted by molar-refractivity contribution is 0.423. The van der Waals surface area contributed by atoms with Crippen LogP contribution in [0.3, 0.4) is 0 Å². The van der Waals surface area contributed by atoms with Crippen molar-refractivity contribution >= 4 is 21.8 Å². The predicted molar refractivity (Wildman–Crippen MR) is 110 cm³/mol. The second-order valence-electron chi connectivity index (χ2n) is 7.16. The molecule has 3 rings (SSSR count). The third-order valence-corrected chi connectivity index (χ3v) is 7.92. The van der Waals surface area contributed by atoms with Crippen molar-refractivity contribution in [3.8, 4) is 0 Å². The number of hydrogen-bond acceptors (Lipinski definition) is 3. The molecule has 0 aromatic heterocycles. The summed E-state index contributed by atoms with van der Waals surface area (Å²) < 4.78 is 28.5. The average molecular weight is 390 g/mol. The lowest BCUT2D eigenvalue weighted by atomic mass is 9.96. The predicted octanol–water partition coefficient (Wildman–Crippen LogP) is 4.83. The van der Waals surface area contributed by atoms with Crippen LogP contribution in [0.5, 0.6) is 0 Å². The van der Waals surface area contributed by atoms with Crippen LogP contribution in [0.1, 0.15) is 42.4 Å². The van der Waals surface area contributed by atoms with Crippen LogP contribution < -0.4 is 4.72 Å². The summed E-state index contributed by atoms with van der Waals surface area (Å²) >= 11 is 1.88. The highest BCUT2D eigenvalue weighted by Crippen LogP contribution is 2.32. The molecular formula is C21H27NO2S2. The van der Waals surface area contributed by atoms with Crippen LogP contribution >= 0.6 is 11.8 Å². The van der Waals surface area contributed by atoms with Gasteiger partial charge in [0.05, 0.1) is 4.90 Å². The van der Waals surface area contributed by atoms with Crippen LogP contribution in [0, 0.1) is 13.8 Å². The fourth-order valence-corrected chi connectivity index (χ4v) is 6.07. The number of sulfonamides is 1. The van der Waals surface area contributed by atoms with Crippen molar-refractivity contribution < 1.29 is 8.42 Å². The standard InChI is InChI=1S/C21H27NO2S2/c1-16-7-11-18(12-8-16)15-25-21-6-4-3-5-20(21)22-26(23,24)19-13-9-17(2)10-14-19/h7-14,20-22H,3-6,15H2,1-2H3/t20-,21-/m1/s1. The molecule has 0 aliphatic heterocycles. The molecule has 1 aliphatic rings. The summed E-state index contributed by atoms with van der Waals surface area (Å²) in [7, 11) is -3.46. The fourth-order valence-electron chi connectivity index (χ4n) is 3.30. The molecule has 1 saturated carbocycles. The first kappa shape index (κ1) is 19.5. The number of nitrogens with one attached hydrogen (secondary N) is 1. The first-order chi connectivity index (χ1) is 12.4. The summed E-state index contributed by atoms with van der Waals surface area (Å²) in [4.78, 5) is 0.357. The summed E-state index contributed by atoms with van der Waals surface area (Å²) in [5, 5.41) is 0.324. The molecule has 0 bridgehead atoms. The Kier molecular flexibility index (Phi) is 6.43. The van der Waals surface area contributed by atoms with E-state index >= 15 is 0 Å². The van der Waals surface area contributed by atoms with Gasteiger partial charge in [-0.3, -0.25) is 0 Å². The third-order valence-electron chi connectivity index (χ3n) is 4.93. The SMILES string of the molecule is Cc1ccc(CS[C@@H]2CCCC[C@H]2NS(=O)(=O)c2ccc(C)cc2)cc1. The average Bonchev–Trinajstić information content (AvgIpc) is 2.62. The monoisotopic (exact) mass is 389 g/mol. The second kappa shape index (κ2) is 8.59. The van der Waals surface area contributed by atoms with Gasteiger partial charge in [-0.05, 0) is 44.4 Å². The first-order valence-electron chi connectivity index (χ1n) is 9.20. The van der Waals surface area contributed by atoms with Gasteiger partial charge in [-0.15, -0.1) is 0 Å². The Bertz CT molecular complexity index is 814. The van der Waals surface area contributed by atoms with E-state index in [4.69, 9.17) is 0 Å². The number of thioether (sulfide) groups is 1. The highest BCUT2D eigenvalue weighted by molar-refractivity contribution is 7.99. The van der Waals surface area contributed by atoms with Gasteiger partial charge in [-0.2, -0.15) is 11.8 Å². The Balaban J connectivity index is 1.66. The second-order valence-corrected chi connectivity index (χ2v) is 10.1. The van der Waals surface area contributed by atoms with Gasteiger partial charge >= 0.3 is 0 Å². The first-order valence-corrected chi connectivity index (χ1v) is 11.7. The molecule has 5 heteroatoms. The van der Waals surface area contributed by atoms with Crippen LogP contribution in [0.15, 0.2) is 53.4 Å². The van der Waals surface area contributed by atoms with Crippen LogP contribution in [-0.2, 0) is 15.8 Å². The van der Waals surface area contributed by atoms with Gasteiger partial charge in [0.2, 0.25) is 10.0 Å². The molecule has 0 saturated heterocycles. The molecule has 0 amide bonds. The van der Waals surface area contributed by atoms with E-state index in [0.29, 0.717) is 10.1 Å². The maximum atomic E-state index is 12.7. The minimum atomic E-state index is -3.46. The lowest BCUT2D eigenvalue weighted by Gasteiger charge is -2.31. The Morgan fingerprint density at radius 2 is 1.50 bits per heavy atom. The Morgan fingerprint density at radius 1 is 0.923 bits per heavy atom. The molecule has 1 N–H and O–H groups in total. The van der Waals surface area contributed by atoms with Gasteiger partial charge in [0.1, 0.15) is 0 Å². The molecule has 1 fully saturated rings. The van der Waals surface area contributed by atoms with Crippen LogP contribution in [-0.4, -0.2) is 19.7 Å². The minimum Gasteiger partial charge on any atom is -0.207 e. The molecular weight excluding hydrogens is 362 g/mol. The van der Waals surface area contributed by atoms with Gasteiger partial charge in [0, 0.05) is 17.0 Å². The summed E-state index contributed by atoms with van der Waals surface area (Å²) in [6, 6.07) is 15.7.